The molecule has 34 heavy (non-hydrogen) atoms. The van der Waals surface area contributed by atoms with Crippen LogP contribution in [0.25, 0.3) is 0 Å². The van der Waals surface area contributed by atoms with Gasteiger partial charge in [-0.3, -0.25) is 13.9 Å². The minimum Gasteiger partial charge on any atom is -0.495 e. The Hall–Kier alpha value is -2.78. The summed E-state index contributed by atoms with van der Waals surface area (Å²) in [7, 11) is -2.42. The number of hydrogen-bond acceptors (Lipinski definition) is 5. The Morgan fingerprint density at radius 2 is 1.79 bits per heavy atom. The van der Waals surface area contributed by atoms with E-state index in [0.29, 0.717) is 16.3 Å². The van der Waals surface area contributed by atoms with Crippen LogP contribution < -0.4 is 14.4 Å². The fourth-order valence-electron chi connectivity index (χ4n) is 3.31. The van der Waals surface area contributed by atoms with E-state index in [1.807, 2.05) is 13.8 Å². The van der Waals surface area contributed by atoms with Crippen LogP contribution in [0.2, 0.25) is 5.02 Å². The van der Waals surface area contributed by atoms with E-state index < -0.39 is 28.5 Å². The number of benzene rings is 2. The second-order valence-corrected chi connectivity index (χ2v) is 10.4. The third-order valence-electron chi connectivity index (χ3n) is 5.44. The zero-order valence-corrected chi connectivity index (χ0v) is 21.7. The van der Waals surface area contributed by atoms with Crippen molar-refractivity contribution in [2.75, 3.05) is 24.2 Å². The van der Waals surface area contributed by atoms with E-state index >= 15 is 0 Å². The van der Waals surface area contributed by atoms with Gasteiger partial charge in [-0.05, 0) is 50.1 Å². The van der Waals surface area contributed by atoms with E-state index in [1.165, 1.54) is 12.0 Å². The van der Waals surface area contributed by atoms with Crippen LogP contribution in [0.3, 0.4) is 0 Å². The molecule has 2 atom stereocenters. The van der Waals surface area contributed by atoms with Crippen molar-refractivity contribution in [1.29, 1.82) is 0 Å². The predicted octanol–water partition coefficient (Wildman–Crippen LogP) is 3.45. The molecule has 0 bridgehead atoms. The van der Waals surface area contributed by atoms with Crippen LogP contribution in [-0.2, 0) is 26.2 Å². The highest BCUT2D eigenvalue weighted by atomic mass is 35.5. The number of carbonyl (C=O) groups is 2. The van der Waals surface area contributed by atoms with Crippen molar-refractivity contribution < 1.29 is 22.7 Å². The maximum Gasteiger partial charge on any atom is 0.244 e. The number of hydrogen-bond donors (Lipinski definition) is 1. The van der Waals surface area contributed by atoms with Gasteiger partial charge in [0.25, 0.3) is 0 Å². The molecule has 2 aromatic rings. The van der Waals surface area contributed by atoms with Crippen molar-refractivity contribution in [1.82, 2.24) is 10.2 Å². The van der Waals surface area contributed by atoms with E-state index in [-0.39, 0.29) is 24.2 Å². The van der Waals surface area contributed by atoms with Gasteiger partial charge in [-0.1, -0.05) is 42.8 Å². The summed E-state index contributed by atoms with van der Waals surface area (Å²) < 4.78 is 31.6. The number of ether oxygens (including phenoxy) is 1. The minimum atomic E-state index is -3.84. The summed E-state index contributed by atoms with van der Waals surface area (Å²) in [6.07, 6.45) is 1.75. The molecular weight excluding hydrogens is 478 g/mol. The van der Waals surface area contributed by atoms with Gasteiger partial charge in [0.2, 0.25) is 21.8 Å². The van der Waals surface area contributed by atoms with Gasteiger partial charge < -0.3 is 15.0 Å². The van der Waals surface area contributed by atoms with Crippen LogP contribution in [0.1, 0.15) is 32.8 Å². The van der Waals surface area contributed by atoms with Crippen LogP contribution in [0.5, 0.6) is 5.75 Å². The van der Waals surface area contributed by atoms with E-state index in [0.717, 1.165) is 17.0 Å². The Balaban J connectivity index is 2.42. The molecule has 0 aliphatic heterocycles. The molecule has 0 aliphatic carbocycles. The van der Waals surface area contributed by atoms with Crippen LogP contribution in [0.4, 0.5) is 5.69 Å². The van der Waals surface area contributed by atoms with Crippen molar-refractivity contribution in [2.24, 2.45) is 0 Å². The fourth-order valence-corrected chi connectivity index (χ4v) is 4.38. The number of anilines is 1. The van der Waals surface area contributed by atoms with Crippen molar-refractivity contribution in [3.63, 3.8) is 0 Å². The average molecular weight is 510 g/mol. The number of amides is 2. The SMILES string of the molecule is CC[C@H](C)NC(=O)[C@@H](C)N(Cc1cccc(Cl)c1)C(=O)CN(c1ccccc1OC)S(C)(=O)=O. The Bertz CT molecular complexity index is 1110. The number of para-hydroxylation sites is 2. The minimum absolute atomic E-state index is 0.0702. The number of carbonyl (C=O) groups excluding carboxylic acids is 2. The number of methoxy groups -OCH3 is 1. The molecule has 0 aromatic heterocycles. The molecule has 0 radical (unpaired) electrons. The molecule has 2 rings (SSSR count). The number of halogens is 1. The topological polar surface area (TPSA) is 96.0 Å². The summed E-state index contributed by atoms with van der Waals surface area (Å²) in [5.74, 6) is -0.555. The molecule has 186 valence electrons. The van der Waals surface area contributed by atoms with Crippen LogP contribution >= 0.6 is 11.6 Å². The Labute approximate surface area is 206 Å². The van der Waals surface area contributed by atoms with Crippen LogP contribution in [-0.4, -0.2) is 57.1 Å². The van der Waals surface area contributed by atoms with Gasteiger partial charge in [-0.15, -0.1) is 0 Å². The Morgan fingerprint density at radius 3 is 2.38 bits per heavy atom. The lowest BCUT2D eigenvalue weighted by molar-refractivity contribution is -0.139. The second kappa shape index (κ2) is 12.1. The molecule has 0 unspecified atom stereocenters. The number of rotatable bonds is 11. The molecule has 2 amide bonds. The number of sulfonamides is 1. The first-order valence-electron chi connectivity index (χ1n) is 10.9. The monoisotopic (exact) mass is 509 g/mol. The van der Waals surface area contributed by atoms with E-state index in [2.05, 4.69) is 5.32 Å². The normalized spacial score (nSPS) is 13.0. The summed E-state index contributed by atoms with van der Waals surface area (Å²) in [4.78, 5) is 27.8. The van der Waals surface area contributed by atoms with E-state index in [4.69, 9.17) is 16.3 Å². The maximum absolute atomic E-state index is 13.5. The highest BCUT2D eigenvalue weighted by molar-refractivity contribution is 7.92. The lowest BCUT2D eigenvalue weighted by atomic mass is 10.1. The molecule has 0 fully saturated rings. The average Bonchev–Trinajstić information content (AvgIpc) is 2.79. The van der Waals surface area contributed by atoms with Gasteiger partial charge in [0.1, 0.15) is 18.3 Å². The Morgan fingerprint density at radius 1 is 1.12 bits per heavy atom. The van der Waals surface area contributed by atoms with Crippen molar-refractivity contribution in [3.8, 4) is 5.75 Å². The van der Waals surface area contributed by atoms with Gasteiger partial charge in [0, 0.05) is 17.6 Å². The molecule has 0 heterocycles. The third-order valence-corrected chi connectivity index (χ3v) is 6.80. The largest absolute Gasteiger partial charge is 0.495 e. The summed E-state index contributed by atoms with van der Waals surface area (Å²) in [6, 6.07) is 12.6. The standard InChI is InChI=1S/C24H32ClN3O5S/c1-6-17(2)26-24(30)18(3)27(15-19-10-9-11-20(25)14-19)23(29)16-28(34(5,31)32)21-12-7-8-13-22(21)33-4/h7-14,17-18H,6,15-16H2,1-5H3,(H,26,30)/t17-,18+/m0/s1. The van der Waals surface area contributed by atoms with Gasteiger partial charge in [0.15, 0.2) is 0 Å². The fraction of sp³-hybridized carbons (Fsp3) is 0.417. The molecule has 2 aromatic carbocycles. The van der Waals surface area contributed by atoms with Crippen LogP contribution in [0.15, 0.2) is 48.5 Å². The van der Waals surface area contributed by atoms with Crippen LogP contribution in [0, 0.1) is 0 Å². The molecule has 10 heteroatoms. The van der Waals surface area contributed by atoms with Gasteiger partial charge in [-0.25, -0.2) is 8.42 Å². The lowest BCUT2D eigenvalue weighted by Gasteiger charge is -2.32. The predicted molar refractivity (Wildman–Crippen MR) is 135 cm³/mol. The lowest BCUT2D eigenvalue weighted by Crippen LogP contribution is -2.52. The van der Waals surface area contributed by atoms with Gasteiger partial charge in [-0.2, -0.15) is 0 Å². The molecule has 1 N–H and O–H groups in total. The smallest absolute Gasteiger partial charge is 0.244 e. The molecule has 0 aliphatic rings. The third kappa shape index (κ3) is 7.36. The van der Waals surface area contributed by atoms with Crippen molar-refractivity contribution in [3.05, 3.63) is 59.1 Å². The molecule has 0 saturated heterocycles. The van der Waals surface area contributed by atoms with E-state index in [1.54, 1.807) is 55.5 Å². The first-order valence-corrected chi connectivity index (χ1v) is 13.2. The number of nitrogens with zero attached hydrogens (tertiary/aromatic N) is 2. The molecule has 0 saturated carbocycles. The van der Waals surface area contributed by atoms with Crippen molar-refractivity contribution >= 4 is 39.1 Å². The second-order valence-electron chi connectivity index (χ2n) is 8.09. The van der Waals surface area contributed by atoms with Gasteiger partial charge >= 0.3 is 0 Å². The summed E-state index contributed by atoms with van der Waals surface area (Å²) in [5.41, 5.74) is 0.951. The zero-order chi connectivity index (χ0) is 25.5. The zero-order valence-electron chi connectivity index (χ0n) is 20.1. The maximum atomic E-state index is 13.5. The van der Waals surface area contributed by atoms with E-state index in [9.17, 15) is 18.0 Å². The number of nitrogens with one attached hydrogen (secondary N) is 1. The quantitative estimate of drug-likeness (QED) is 0.500. The Kier molecular flexibility index (Phi) is 9.76. The highest BCUT2D eigenvalue weighted by Gasteiger charge is 2.31. The molecular formula is C24H32ClN3O5S. The first kappa shape index (κ1) is 27.5. The summed E-state index contributed by atoms with van der Waals surface area (Å²) in [5, 5.41) is 3.38. The summed E-state index contributed by atoms with van der Waals surface area (Å²) >= 11 is 6.11. The molecule has 0 spiro atoms. The van der Waals surface area contributed by atoms with Crippen molar-refractivity contribution in [2.45, 2.75) is 45.8 Å². The highest BCUT2D eigenvalue weighted by Crippen LogP contribution is 2.29. The summed E-state index contributed by atoms with van der Waals surface area (Å²) in [6.45, 7) is 5.02. The van der Waals surface area contributed by atoms with Gasteiger partial charge in [0.05, 0.1) is 19.1 Å². The molecule has 8 nitrogen and oxygen atoms in total. The first-order chi connectivity index (χ1) is 16.0.